The third-order valence-electron chi connectivity index (χ3n) is 2.44. The summed E-state index contributed by atoms with van der Waals surface area (Å²) in [7, 11) is 0. The summed E-state index contributed by atoms with van der Waals surface area (Å²) in [6, 6.07) is 9.29. The summed E-state index contributed by atoms with van der Waals surface area (Å²) in [5.74, 6) is -2.17. The average molecular weight is 279 g/mol. The zero-order chi connectivity index (χ0) is 15.0. The van der Waals surface area contributed by atoms with Crippen molar-refractivity contribution in [3.05, 3.63) is 35.9 Å². The van der Waals surface area contributed by atoms with Gasteiger partial charge in [-0.25, -0.2) is 0 Å². The van der Waals surface area contributed by atoms with Crippen LogP contribution in [-0.4, -0.2) is 47.4 Å². The Balaban J connectivity index is 2.44. The number of carbonyl (C=O) groups excluding carboxylic acids is 2. The largest absolute Gasteiger partial charge is 0.480 e. The molecule has 20 heavy (non-hydrogen) atoms. The number of carboxylic acids is 1. The Hall–Kier alpha value is -2.41. The molecule has 0 heterocycles. The van der Waals surface area contributed by atoms with E-state index in [1.807, 2.05) is 30.3 Å². The van der Waals surface area contributed by atoms with Crippen molar-refractivity contribution >= 4 is 17.8 Å². The fraction of sp³-hybridized carbons (Fsp3) is 0.308. The molecule has 1 aromatic rings. The molecule has 0 saturated heterocycles. The van der Waals surface area contributed by atoms with Gasteiger partial charge in [0, 0.05) is 6.54 Å². The van der Waals surface area contributed by atoms with Crippen molar-refractivity contribution in [3.8, 4) is 0 Å². The molecule has 0 aliphatic carbocycles. The van der Waals surface area contributed by atoms with Crippen molar-refractivity contribution in [3.63, 3.8) is 0 Å². The molecule has 0 radical (unpaired) electrons. The second kappa shape index (κ2) is 7.90. The van der Waals surface area contributed by atoms with Crippen LogP contribution in [-0.2, 0) is 20.9 Å². The number of hydrogen-bond acceptors (Lipinski definition) is 4. The van der Waals surface area contributed by atoms with Crippen molar-refractivity contribution in [1.82, 2.24) is 10.2 Å². The number of hydrogen-bond donors (Lipinski definition) is 3. The molecule has 0 bridgehead atoms. The van der Waals surface area contributed by atoms with Gasteiger partial charge in [0.25, 0.3) is 0 Å². The highest BCUT2D eigenvalue weighted by Gasteiger charge is 2.15. The van der Waals surface area contributed by atoms with Crippen LogP contribution in [0, 0.1) is 0 Å². The first-order valence-electron chi connectivity index (χ1n) is 6.00. The van der Waals surface area contributed by atoms with Crippen molar-refractivity contribution < 1.29 is 19.5 Å². The summed E-state index contributed by atoms with van der Waals surface area (Å²) in [6.07, 6.45) is 0. The second-order valence-corrected chi connectivity index (χ2v) is 4.27. The molecule has 0 aliphatic heterocycles. The molecule has 1 aromatic carbocycles. The maximum Gasteiger partial charge on any atom is 0.317 e. The topological polar surface area (TPSA) is 113 Å². The lowest BCUT2D eigenvalue weighted by Gasteiger charge is -2.17. The minimum absolute atomic E-state index is 0.192. The molecular weight excluding hydrogens is 262 g/mol. The molecule has 4 N–H and O–H groups in total. The minimum Gasteiger partial charge on any atom is -0.480 e. The molecular formula is C13H17N3O4. The van der Waals surface area contributed by atoms with Crippen LogP contribution in [0.2, 0.25) is 0 Å². The predicted octanol–water partition coefficient (Wildman–Crippen LogP) is -0.825. The zero-order valence-corrected chi connectivity index (χ0v) is 10.9. The summed E-state index contributed by atoms with van der Waals surface area (Å²) >= 11 is 0. The molecule has 1 rings (SSSR count). The van der Waals surface area contributed by atoms with Crippen molar-refractivity contribution in [1.29, 1.82) is 0 Å². The van der Waals surface area contributed by atoms with Crippen LogP contribution in [0.5, 0.6) is 0 Å². The van der Waals surface area contributed by atoms with Crippen LogP contribution in [0.4, 0.5) is 0 Å². The van der Waals surface area contributed by atoms with Crippen LogP contribution in [0.15, 0.2) is 30.3 Å². The van der Waals surface area contributed by atoms with Crippen LogP contribution < -0.4 is 11.1 Å². The first-order chi connectivity index (χ1) is 9.47. The van der Waals surface area contributed by atoms with E-state index in [4.69, 9.17) is 10.8 Å². The van der Waals surface area contributed by atoms with E-state index in [1.54, 1.807) is 0 Å². The molecule has 0 saturated carbocycles. The summed E-state index contributed by atoms with van der Waals surface area (Å²) in [6.45, 7) is -0.536. The smallest absolute Gasteiger partial charge is 0.317 e. The van der Waals surface area contributed by atoms with Gasteiger partial charge < -0.3 is 16.2 Å². The lowest BCUT2D eigenvalue weighted by molar-refractivity contribution is -0.139. The van der Waals surface area contributed by atoms with Gasteiger partial charge >= 0.3 is 5.97 Å². The lowest BCUT2D eigenvalue weighted by atomic mass is 10.2. The van der Waals surface area contributed by atoms with Crippen LogP contribution in [0.25, 0.3) is 0 Å². The number of rotatable bonds is 8. The fourth-order valence-corrected chi connectivity index (χ4v) is 1.63. The minimum atomic E-state index is -1.12. The number of carboxylic acid groups (broad SMARTS) is 1. The first-order valence-corrected chi connectivity index (χ1v) is 6.00. The van der Waals surface area contributed by atoms with E-state index in [0.717, 1.165) is 5.56 Å². The van der Waals surface area contributed by atoms with Gasteiger partial charge in [-0.1, -0.05) is 30.3 Å². The van der Waals surface area contributed by atoms with Crippen molar-refractivity contribution in [2.75, 3.05) is 19.6 Å². The molecule has 0 atom stereocenters. The van der Waals surface area contributed by atoms with E-state index in [1.165, 1.54) is 4.90 Å². The van der Waals surface area contributed by atoms with E-state index in [0.29, 0.717) is 6.54 Å². The maximum absolute atomic E-state index is 11.7. The number of benzene rings is 1. The predicted molar refractivity (Wildman–Crippen MR) is 71.6 cm³/mol. The Labute approximate surface area is 116 Å². The van der Waals surface area contributed by atoms with Gasteiger partial charge in [0.2, 0.25) is 11.8 Å². The number of amides is 2. The van der Waals surface area contributed by atoms with E-state index >= 15 is 0 Å². The summed E-state index contributed by atoms with van der Waals surface area (Å²) in [4.78, 5) is 34.3. The number of nitrogens with one attached hydrogen (secondary N) is 1. The molecule has 0 aromatic heterocycles. The molecule has 2 amide bonds. The molecule has 0 unspecified atom stereocenters. The highest BCUT2D eigenvalue weighted by Crippen LogP contribution is 1.97. The Morgan fingerprint density at radius 3 is 2.30 bits per heavy atom. The van der Waals surface area contributed by atoms with Crippen LogP contribution in [0.3, 0.4) is 0 Å². The summed E-state index contributed by atoms with van der Waals surface area (Å²) in [5.41, 5.74) is 5.94. The van der Waals surface area contributed by atoms with E-state index in [-0.39, 0.29) is 19.0 Å². The fourth-order valence-electron chi connectivity index (χ4n) is 1.63. The molecule has 0 fully saturated rings. The highest BCUT2D eigenvalue weighted by atomic mass is 16.4. The Morgan fingerprint density at radius 2 is 1.75 bits per heavy atom. The normalized spacial score (nSPS) is 10.2. The third-order valence-corrected chi connectivity index (χ3v) is 2.44. The SMILES string of the molecule is NC(=O)CN(CC(=O)O)CC(=O)NCc1ccccc1. The van der Waals surface area contributed by atoms with Gasteiger partial charge in [-0.3, -0.25) is 19.3 Å². The quantitative estimate of drug-likeness (QED) is 0.575. The zero-order valence-electron chi connectivity index (χ0n) is 10.9. The van der Waals surface area contributed by atoms with E-state index in [2.05, 4.69) is 5.32 Å². The van der Waals surface area contributed by atoms with Gasteiger partial charge in [-0.05, 0) is 5.56 Å². The number of carbonyl (C=O) groups is 3. The third kappa shape index (κ3) is 6.50. The van der Waals surface area contributed by atoms with Crippen molar-refractivity contribution in [2.24, 2.45) is 5.73 Å². The monoisotopic (exact) mass is 279 g/mol. The Bertz CT molecular complexity index is 460. The van der Waals surface area contributed by atoms with Crippen LogP contribution in [0.1, 0.15) is 5.56 Å². The molecule has 108 valence electrons. The Morgan fingerprint density at radius 1 is 1.10 bits per heavy atom. The van der Waals surface area contributed by atoms with E-state index < -0.39 is 18.4 Å². The molecule has 0 spiro atoms. The lowest BCUT2D eigenvalue weighted by Crippen LogP contribution is -2.43. The maximum atomic E-state index is 11.7. The van der Waals surface area contributed by atoms with Gasteiger partial charge in [-0.2, -0.15) is 0 Å². The van der Waals surface area contributed by atoms with Crippen molar-refractivity contribution in [2.45, 2.75) is 6.54 Å². The second-order valence-electron chi connectivity index (χ2n) is 4.27. The number of primary amides is 1. The summed E-state index contributed by atoms with van der Waals surface area (Å²) in [5, 5.41) is 11.3. The highest BCUT2D eigenvalue weighted by molar-refractivity contribution is 5.81. The van der Waals surface area contributed by atoms with E-state index in [9.17, 15) is 14.4 Å². The van der Waals surface area contributed by atoms with Crippen LogP contribution >= 0.6 is 0 Å². The molecule has 7 nitrogen and oxygen atoms in total. The first kappa shape index (κ1) is 15.6. The molecule has 0 aliphatic rings. The van der Waals surface area contributed by atoms with Gasteiger partial charge in [-0.15, -0.1) is 0 Å². The Kier molecular flexibility index (Phi) is 6.18. The van der Waals surface area contributed by atoms with Gasteiger partial charge in [0.15, 0.2) is 0 Å². The van der Waals surface area contributed by atoms with Gasteiger partial charge in [0.1, 0.15) is 0 Å². The van der Waals surface area contributed by atoms with Gasteiger partial charge in [0.05, 0.1) is 19.6 Å². The number of aliphatic carboxylic acids is 1. The summed E-state index contributed by atoms with van der Waals surface area (Å²) < 4.78 is 0. The molecule has 7 heteroatoms. The number of nitrogens with zero attached hydrogens (tertiary/aromatic N) is 1. The average Bonchev–Trinajstić information content (AvgIpc) is 2.36. The standard InChI is InChI=1S/C13H17N3O4/c14-11(17)7-16(9-13(19)20)8-12(18)15-6-10-4-2-1-3-5-10/h1-5H,6-9H2,(H2,14,17)(H,15,18)(H,19,20). The number of nitrogens with two attached hydrogens (primary N) is 1.